The van der Waals surface area contributed by atoms with Crippen molar-refractivity contribution in [2.75, 3.05) is 14.2 Å². The number of benzene rings is 1. The van der Waals surface area contributed by atoms with Gasteiger partial charge in [-0.25, -0.2) is 0 Å². The molecular formula is C11H16O4S. The lowest BCUT2D eigenvalue weighted by Crippen LogP contribution is -2.09. The van der Waals surface area contributed by atoms with Gasteiger partial charge in [-0.2, -0.15) is 8.42 Å². The molecule has 90 valence electrons. The lowest BCUT2D eigenvalue weighted by molar-refractivity contribution is 0.395. The Bertz CT molecular complexity index is 503. The van der Waals surface area contributed by atoms with Gasteiger partial charge in [-0.3, -0.25) is 4.18 Å². The maximum absolute atomic E-state index is 11.7. The molecule has 0 aromatic heterocycles. The fraction of sp³-hybridized carbons (Fsp3) is 0.455. The van der Waals surface area contributed by atoms with Crippen molar-refractivity contribution in [3.05, 3.63) is 22.8 Å². The monoisotopic (exact) mass is 244 g/mol. The van der Waals surface area contributed by atoms with Gasteiger partial charge in [-0.1, -0.05) is 0 Å². The Labute approximate surface area is 96.3 Å². The van der Waals surface area contributed by atoms with Crippen molar-refractivity contribution < 1.29 is 17.3 Å². The first-order valence-corrected chi connectivity index (χ1v) is 6.21. The summed E-state index contributed by atoms with van der Waals surface area (Å²) in [7, 11) is -0.941. The number of aryl methyl sites for hydroxylation is 1. The molecular weight excluding hydrogens is 228 g/mol. The summed E-state index contributed by atoms with van der Waals surface area (Å²) in [4.78, 5) is 0.230. The van der Waals surface area contributed by atoms with Crippen LogP contribution in [-0.2, 0) is 14.3 Å². The highest BCUT2D eigenvalue weighted by molar-refractivity contribution is 7.86. The first-order chi connectivity index (χ1) is 7.35. The molecule has 0 saturated carbocycles. The van der Waals surface area contributed by atoms with Gasteiger partial charge < -0.3 is 4.74 Å². The minimum atomic E-state index is -3.66. The second-order valence-corrected chi connectivity index (χ2v) is 5.25. The zero-order valence-corrected chi connectivity index (χ0v) is 10.9. The molecule has 1 aromatic rings. The van der Waals surface area contributed by atoms with Crippen LogP contribution in [0.15, 0.2) is 11.0 Å². The predicted octanol–water partition coefficient (Wildman–Crippen LogP) is 1.96. The normalized spacial score (nSPS) is 11.6. The third kappa shape index (κ3) is 2.05. The molecule has 0 N–H and O–H groups in total. The van der Waals surface area contributed by atoms with Gasteiger partial charge in [0.1, 0.15) is 10.6 Å². The highest BCUT2D eigenvalue weighted by atomic mass is 32.2. The number of hydrogen-bond acceptors (Lipinski definition) is 4. The molecule has 0 radical (unpaired) electrons. The topological polar surface area (TPSA) is 52.6 Å². The summed E-state index contributed by atoms with van der Waals surface area (Å²) in [6, 6.07) is 1.70. The van der Waals surface area contributed by atoms with E-state index in [-0.39, 0.29) is 4.90 Å². The van der Waals surface area contributed by atoms with Crippen LogP contribution in [0.25, 0.3) is 0 Å². The second-order valence-electron chi connectivity index (χ2n) is 3.60. The maximum Gasteiger partial charge on any atom is 0.297 e. The summed E-state index contributed by atoms with van der Waals surface area (Å²) < 4.78 is 33.2. The molecule has 0 bridgehead atoms. The summed E-state index contributed by atoms with van der Waals surface area (Å²) in [5, 5.41) is 0. The Balaban J connectivity index is 3.61. The van der Waals surface area contributed by atoms with E-state index in [1.165, 1.54) is 0 Å². The second kappa shape index (κ2) is 4.43. The van der Waals surface area contributed by atoms with E-state index in [0.29, 0.717) is 16.9 Å². The Kier molecular flexibility index (Phi) is 3.60. The minimum absolute atomic E-state index is 0.230. The van der Waals surface area contributed by atoms with Crippen LogP contribution in [0.4, 0.5) is 0 Å². The van der Waals surface area contributed by atoms with Gasteiger partial charge in [0.05, 0.1) is 14.2 Å². The van der Waals surface area contributed by atoms with Crippen LogP contribution in [0.1, 0.15) is 16.7 Å². The summed E-state index contributed by atoms with van der Waals surface area (Å²) in [6.07, 6.45) is 0. The lowest BCUT2D eigenvalue weighted by atomic mass is 10.1. The molecule has 0 amide bonds. The van der Waals surface area contributed by atoms with Crippen LogP contribution in [0.3, 0.4) is 0 Å². The Morgan fingerprint density at radius 2 is 1.62 bits per heavy atom. The maximum atomic E-state index is 11.7. The van der Waals surface area contributed by atoms with Crippen LogP contribution in [0.5, 0.6) is 5.75 Å². The largest absolute Gasteiger partial charge is 0.496 e. The minimum Gasteiger partial charge on any atom is -0.496 e. The molecule has 0 fully saturated rings. The van der Waals surface area contributed by atoms with Crippen molar-refractivity contribution in [3.63, 3.8) is 0 Å². The molecule has 0 aliphatic heterocycles. The van der Waals surface area contributed by atoms with Gasteiger partial charge in [0, 0.05) is 0 Å². The van der Waals surface area contributed by atoms with Crippen molar-refractivity contribution in [1.82, 2.24) is 0 Å². The van der Waals surface area contributed by atoms with Gasteiger partial charge in [-0.05, 0) is 43.5 Å². The van der Waals surface area contributed by atoms with E-state index in [4.69, 9.17) is 4.74 Å². The average Bonchev–Trinajstić information content (AvgIpc) is 2.23. The van der Waals surface area contributed by atoms with Crippen LogP contribution in [-0.4, -0.2) is 22.6 Å². The zero-order valence-electron chi connectivity index (χ0n) is 10.1. The molecule has 0 heterocycles. The van der Waals surface area contributed by atoms with Gasteiger partial charge in [0.15, 0.2) is 0 Å². The van der Waals surface area contributed by atoms with Gasteiger partial charge in [0.2, 0.25) is 0 Å². The van der Waals surface area contributed by atoms with Crippen molar-refractivity contribution >= 4 is 10.1 Å². The third-order valence-electron chi connectivity index (χ3n) is 2.67. The van der Waals surface area contributed by atoms with E-state index < -0.39 is 10.1 Å². The fourth-order valence-corrected chi connectivity index (χ4v) is 2.85. The van der Waals surface area contributed by atoms with E-state index in [9.17, 15) is 8.42 Å². The molecule has 0 aliphatic carbocycles. The van der Waals surface area contributed by atoms with E-state index in [0.717, 1.165) is 12.7 Å². The van der Waals surface area contributed by atoms with Crippen molar-refractivity contribution in [1.29, 1.82) is 0 Å². The van der Waals surface area contributed by atoms with E-state index in [2.05, 4.69) is 4.18 Å². The Hall–Kier alpha value is -1.07. The molecule has 0 spiro atoms. The van der Waals surface area contributed by atoms with Gasteiger partial charge in [0.25, 0.3) is 10.1 Å². The smallest absolute Gasteiger partial charge is 0.297 e. The Morgan fingerprint density at radius 1 is 1.06 bits per heavy atom. The molecule has 0 saturated heterocycles. The highest BCUT2D eigenvalue weighted by Crippen LogP contribution is 2.31. The van der Waals surface area contributed by atoms with E-state index in [1.54, 1.807) is 27.0 Å². The first kappa shape index (κ1) is 13.0. The molecule has 5 heteroatoms. The summed E-state index contributed by atoms with van der Waals surface area (Å²) >= 11 is 0. The van der Waals surface area contributed by atoms with Crippen LogP contribution in [0.2, 0.25) is 0 Å². The Morgan fingerprint density at radius 3 is 2.06 bits per heavy atom. The standard InChI is InChI=1S/C11H16O4S/c1-7-6-10(14-4)8(2)9(3)11(7)16(12,13)15-5/h6H,1-5H3. The first-order valence-electron chi connectivity index (χ1n) is 4.80. The van der Waals surface area contributed by atoms with Crippen molar-refractivity contribution in [2.24, 2.45) is 0 Å². The quantitative estimate of drug-likeness (QED) is 0.763. The molecule has 0 aliphatic rings. The predicted molar refractivity (Wildman–Crippen MR) is 61.4 cm³/mol. The van der Waals surface area contributed by atoms with Crippen molar-refractivity contribution in [3.8, 4) is 5.75 Å². The molecule has 1 aromatic carbocycles. The SMILES string of the molecule is COc1cc(C)c(S(=O)(=O)OC)c(C)c1C. The number of ether oxygens (including phenoxy) is 1. The van der Waals surface area contributed by atoms with Crippen molar-refractivity contribution in [2.45, 2.75) is 25.7 Å². The third-order valence-corrected chi connectivity index (χ3v) is 4.23. The summed E-state index contributed by atoms with van der Waals surface area (Å²) in [6.45, 7) is 5.29. The summed E-state index contributed by atoms with van der Waals surface area (Å²) in [5.74, 6) is 0.685. The van der Waals surface area contributed by atoms with Gasteiger partial charge in [-0.15, -0.1) is 0 Å². The molecule has 1 rings (SSSR count). The summed E-state index contributed by atoms with van der Waals surface area (Å²) in [5.41, 5.74) is 2.10. The zero-order chi connectivity index (χ0) is 12.5. The van der Waals surface area contributed by atoms with Gasteiger partial charge >= 0.3 is 0 Å². The molecule has 4 nitrogen and oxygen atoms in total. The number of rotatable bonds is 3. The van der Waals surface area contributed by atoms with Crippen LogP contribution in [0, 0.1) is 20.8 Å². The molecule has 16 heavy (non-hydrogen) atoms. The average molecular weight is 244 g/mol. The fourth-order valence-electron chi connectivity index (χ4n) is 1.70. The van der Waals surface area contributed by atoms with E-state index in [1.807, 2.05) is 6.92 Å². The molecule has 0 atom stereocenters. The highest BCUT2D eigenvalue weighted by Gasteiger charge is 2.22. The number of hydrogen-bond donors (Lipinski definition) is 0. The van der Waals surface area contributed by atoms with Crippen LogP contribution >= 0.6 is 0 Å². The lowest BCUT2D eigenvalue weighted by Gasteiger charge is -2.14. The van der Waals surface area contributed by atoms with E-state index >= 15 is 0 Å². The number of methoxy groups -OCH3 is 1. The molecule has 0 unspecified atom stereocenters. The van der Waals surface area contributed by atoms with Crippen LogP contribution < -0.4 is 4.74 Å².